The molecule has 0 saturated carbocycles. The Hall–Kier alpha value is -0.280. The Kier molecular flexibility index (Phi) is 2.88. The van der Waals surface area contributed by atoms with E-state index in [0.29, 0.717) is 0 Å². The van der Waals surface area contributed by atoms with Crippen LogP contribution in [0.2, 0.25) is 0 Å². The minimum atomic E-state index is -2.43. The lowest BCUT2D eigenvalue weighted by Crippen LogP contribution is -2.70. The van der Waals surface area contributed by atoms with Crippen molar-refractivity contribution in [1.29, 1.82) is 0 Å². The van der Waals surface area contributed by atoms with Gasteiger partial charge in [0.1, 0.15) is 18.3 Å². The molecule has 1 heterocycles. The quantitative estimate of drug-likeness (QED) is 0.235. The number of ether oxygens (including phenoxy) is 1. The summed E-state index contributed by atoms with van der Waals surface area (Å²) in [6, 6.07) is 0. The van der Waals surface area contributed by atoms with Crippen LogP contribution in [0.3, 0.4) is 0 Å². The van der Waals surface area contributed by atoms with Gasteiger partial charge >= 0.3 is 0 Å². The highest BCUT2D eigenvalue weighted by Gasteiger charge is 2.51. The van der Waals surface area contributed by atoms with E-state index in [0.717, 1.165) is 0 Å². The van der Waals surface area contributed by atoms with Gasteiger partial charge in [0.15, 0.2) is 5.72 Å². The number of aliphatic hydroxyl groups excluding tert-OH is 4. The van der Waals surface area contributed by atoms with Crippen molar-refractivity contribution in [3.63, 3.8) is 0 Å². The summed E-state index contributed by atoms with van der Waals surface area (Å²) in [6.07, 6.45) is -6.31. The minimum absolute atomic E-state index is 0.592. The molecule has 1 fully saturated rings. The first kappa shape index (κ1) is 10.8. The number of hydrogen-bond acceptors (Lipinski definition) is 7. The molecular formula is C6H13NO6. The van der Waals surface area contributed by atoms with Crippen LogP contribution in [0.1, 0.15) is 0 Å². The molecule has 13 heavy (non-hydrogen) atoms. The lowest BCUT2D eigenvalue weighted by Gasteiger charge is -2.43. The zero-order valence-electron chi connectivity index (χ0n) is 6.74. The van der Waals surface area contributed by atoms with E-state index in [4.69, 9.17) is 15.9 Å². The van der Waals surface area contributed by atoms with Gasteiger partial charge in [0.05, 0.1) is 6.61 Å². The third-order valence-electron chi connectivity index (χ3n) is 2.06. The maximum atomic E-state index is 9.21. The fourth-order valence-corrected chi connectivity index (χ4v) is 1.13. The predicted molar refractivity (Wildman–Crippen MR) is 39.1 cm³/mol. The highest BCUT2D eigenvalue weighted by atomic mass is 16.6. The average molecular weight is 195 g/mol. The van der Waals surface area contributed by atoms with Crippen LogP contribution in [-0.2, 0) is 4.74 Å². The van der Waals surface area contributed by atoms with Crippen LogP contribution in [-0.4, -0.2) is 62.5 Å². The van der Waals surface area contributed by atoms with E-state index in [-0.39, 0.29) is 0 Å². The second-order valence-corrected chi connectivity index (χ2v) is 3.03. The van der Waals surface area contributed by atoms with Crippen LogP contribution < -0.4 is 5.73 Å². The molecule has 0 aromatic carbocycles. The van der Waals surface area contributed by atoms with Crippen LogP contribution >= 0.6 is 0 Å². The van der Waals surface area contributed by atoms with Crippen LogP contribution in [0.4, 0.5) is 0 Å². The first-order chi connectivity index (χ1) is 5.91. The maximum Gasteiger partial charge on any atom is 0.200 e. The minimum Gasteiger partial charge on any atom is -0.394 e. The Balaban J connectivity index is 2.79. The molecule has 5 atom stereocenters. The van der Waals surface area contributed by atoms with Gasteiger partial charge in [-0.15, -0.1) is 0 Å². The Morgan fingerprint density at radius 3 is 2.31 bits per heavy atom. The van der Waals surface area contributed by atoms with Gasteiger partial charge in [0, 0.05) is 0 Å². The van der Waals surface area contributed by atoms with Gasteiger partial charge in [0.2, 0.25) is 6.29 Å². The molecule has 0 radical (unpaired) electrons. The first-order valence-corrected chi connectivity index (χ1v) is 3.73. The summed E-state index contributed by atoms with van der Waals surface area (Å²) in [6.45, 7) is -0.592. The molecule has 0 aromatic rings. The Morgan fingerprint density at radius 1 is 1.31 bits per heavy atom. The molecule has 7 heteroatoms. The zero-order chi connectivity index (χ0) is 10.2. The summed E-state index contributed by atoms with van der Waals surface area (Å²) < 4.78 is 4.55. The van der Waals surface area contributed by atoms with E-state index < -0.39 is 36.9 Å². The second-order valence-electron chi connectivity index (χ2n) is 3.03. The van der Waals surface area contributed by atoms with Crippen molar-refractivity contribution >= 4 is 0 Å². The van der Waals surface area contributed by atoms with E-state index in [1.165, 1.54) is 0 Å². The van der Waals surface area contributed by atoms with Crippen LogP contribution in [0.25, 0.3) is 0 Å². The van der Waals surface area contributed by atoms with Crippen molar-refractivity contribution in [2.75, 3.05) is 6.61 Å². The molecule has 0 bridgehead atoms. The van der Waals surface area contributed by atoms with E-state index >= 15 is 0 Å². The number of aliphatic hydroxyl groups is 5. The Labute approximate surface area is 74.0 Å². The van der Waals surface area contributed by atoms with Crippen LogP contribution in [0, 0.1) is 0 Å². The second kappa shape index (κ2) is 3.46. The van der Waals surface area contributed by atoms with Gasteiger partial charge in [-0.1, -0.05) is 0 Å². The number of nitrogens with two attached hydrogens (primary N) is 1. The molecule has 0 aromatic heterocycles. The van der Waals surface area contributed by atoms with Gasteiger partial charge in [-0.2, -0.15) is 0 Å². The van der Waals surface area contributed by atoms with Crippen molar-refractivity contribution in [2.45, 2.75) is 30.3 Å². The fourth-order valence-electron chi connectivity index (χ4n) is 1.13. The first-order valence-electron chi connectivity index (χ1n) is 3.73. The largest absolute Gasteiger partial charge is 0.394 e. The van der Waals surface area contributed by atoms with Crippen molar-refractivity contribution in [2.24, 2.45) is 5.73 Å². The van der Waals surface area contributed by atoms with E-state index in [1.807, 2.05) is 0 Å². The highest BCUT2D eigenvalue weighted by Crippen LogP contribution is 2.24. The zero-order valence-corrected chi connectivity index (χ0v) is 6.74. The fraction of sp³-hybridized carbons (Fsp3) is 1.00. The van der Waals surface area contributed by atoms with Gasteiger partial charge in [-0.05, 0) is 0 Å². The van der Waals surface area contributed by atoms with Gasteiger partial charge in [-0.25, -0.2) is 0 Å². The number of hydrogen-bond donors (Lipinski definition) is 6. The molecule has 0 amide bonds. The highest BCUT2D eigenvalue weighted by molar-refractivity contribution is 4.95. The molecule has 1 saturated heterocycles. The molecule has 7 nitrogen and oxygen atoms in total. The van der Waals surface area contributed by atoms with Crippen molar-refractivity contribution in [3.8, 4) is 0 Å². The smallest absolute Gasteiger partial charge is 0.200 e. The molecule has 1 rings (SSSR count). The van der Waals surface area contributed by atoms with Crippen molar-refractivity contribution in [3.05, 3.63) is 0 Å². The van der Waals surface area contributed by atoms with Crippen LogP contribution in [0.15, 0.2) is 0 Å². The molecule has 1 aliphatic rings. The lowest BCUT2D eigenvalue weighted by molar-refractivity contribution is -0.327. The Morgan fingerprint density at radius 2 is 1.85 bits per heavy atom. The van der Waals surface area contributed by atoms with E-state index in [1.54, 1.807) is 0 Å². The predicted octanol–water partition coefficient (Wildman–Crippen LogP) is -3.94. The molecule has 0 spiro atoms. The molecule has 78 valence electrons. The summed E-state index contributed by atoms with van der Waals surface area (Å²) >= 11 is 0. The summed E-state index contributed by atoms with van der Waals surface area (Å²) in [5.74, 6) is 0. The van der Waals surface area contributed by atoms with Crippen molar-refractivity contribution < 1.29 is 30.3 Å². The summed E-state index contributed by atoms with van der Waals surface area (Å²) in [7, 11) is 0. The third-order valence-corrected chi connectivity index (χ3v) is 2.06. The number of rotatable bonds is 1. The molecule has 1 aliphatic heterocycles. The molecule has 7 N–H and O–H groups in total. The molecule has 1 unspecified atom stereocenters. The van der Waals surface area contributed by atoms with E-state index in [9.17, 15) is 15.3 Å². The summed E-state index contributed by atoms with van der Waals surface area (Å²) in [5.41, 5.74) is 2.64. The summed E-state index contributed by atoms with van der Waals surface area (Å²) in [5, 5.41) is 45.3. The molecular weight excluding hydrogens is 182 g/mol. The van der Waals surface area contributed by atoms with Gasteiger partial charge < -0.3 is 30.3 Å². The normalized spacial score (nSPS) is 52.2. The van der Waals surface area contributed by atoms with Crippen molar-refractivity contribution in [1.82, 2.24) is 0 Å². The monoisotopic (exact) mass is 195 g/mol. The lowest BCUT2D eigenvalue weighted by atomic mass is 9.94. The summed E-state index contributed by atoms with van der Waals surface area (Å²) in [4.78, 5) is 0. The average Bonchev–Trinajstić information content (AvgIpc) is 2.09. The van der Waals surface area contributed by atoms with Crippen LogP contribution in [0.5, 0.6) is 0 Å². The SMILES string of the molecule is N[C@@]1(O)C(O)O[C@H](CO)[C@@H](O)[C@@H]1O. The third kappa shape index (κ3) is 1.67. The molecule has 0 aliphatic carbocycles. The van der Waals surface area contributed by atoms with Gasteiger partial charge in [0.25, 0.3) is 0 Å². The topological polar surface area (TPSA) is 136 Å². The van der Waals surface area contributed by atoms with E-state index in [2.05, 4.69) is 4.74 Å². The van der Waals surface area contributed by atoms with Gasteiger partial charge in [-0.3, -0.25) is 5.73 Å². The standard InChI is InChI=1S/C6H13NO6/c7-6(12)4(10)3(9)2(1-8)13-5(6)11/h2-5,8-12H,1,7H2/t2-,3-,4+,5?,6+/m1/s1. The maximum absolute atomic E-state index is 9.21. The Bertz CT molecular complexity index is 186.